The van der Waals surface area contributed by atoms with Gasteiger partial charge in [0, 0.05) is 9.75 Å². The standard InChI is InChI=1S/C15H12N2O3S2/c1-7-3-4-9(21-7)5-6-10-16-13(18)11-8(2)12(15(19)20)22-14(11)17-10/h3-6H,1-2H3,(H,19,20)(H,16,17,18)/p-1/b6-5+. The van der Waals surface area contributed by atoms with Crippen LogP contribution in [-0.2, 0) is 0 Å². The maximum absolute atomic E-state index is 12.1. The van der Waals surface area contributed by atoms with Gasteiger partial charge in [-0.25, -0.2) is 4.98 Å². The molecule has 0 atom stereocenters. The van der Waals surface area contributed by atoms with Gasteiger partial charge in [-0.2, -0.15) is 0 Å². The lowest BCUT2D eigenvalue weighted by atomic mass is 10.2. The van der Waals surface area contributed by atoms with Gasteiger partial charge in [0.2, 0.25) is 0 Å². The third-order valence-corrected chi connectivity index (χ3v) is 5.30. The van der Waals surface area contributed by atoms with E-state index in [0.717, 1.165) is 16.2 Å². The molecule has 0 saturated heterocycles. The Kier molecular flexibility index (Phi) is 3.67. The highest BCUT2D eigenvalue weighted by atomic mass is 32.1. The van der Waals surface area contributed by atoms with E-state index in [9.17, 15) is 14.7 Å². The van der Waals surface area contributed by atoms with E-state index in [1.807, 2.05) is 25.1 Å². The molecule has 3 aromatic rings. The van der Waals surface area contributed by atoms with Crippen LogP contribution >= 0.6 is 22.7 Å². The smallest absolute Gasteiger partial charge is 0.260 e. The fourth-order valence-electron chi connectivity index (χ4n) is 2.14. The molecule has 0 spiro atoms. The third-order valence-electron chi connectivity index (χ3n) is 3.17. The van der Waals surface area contributed by atoms with Gasteiger partial charge in [-0.3, -0.25) is 4.79 Å². The molecule has 5 nitrogen and oxygen atoms in total. The lowest BCUT2D eigenvalue weighted by Gasteiger charge is -1.97. The highest BCUT2D eigenvalue weighted by Gasteiger charge is 2.14. The first-order valence-electron chi connectivity index (χ1n) is 6.45. The summed E-state index contributed by atoms with van der Waals surface area (Å²) in [4.78, 5) is 32.9. The number of hydrogen-bond acceptors (Lipinski definition) is 6. The Balaban J connectivity index is 2.07. The molecule has 0 radical (unpaired) electrons. The second-order valence-corrected chi connectivity index (χ2v) is 7.08. The van der Waals surface area contributed by atoms with Crippen LogP contribution in [0.5, 0.6) is 0 Å². The van der Waals surface area contributed by atoms with E-state index < -0.39 is 5.97 Å². The van der Waals surface area contributed by atoms with Crippen LogP contribution in [0.4, 0.5) is 0 Å². The van der Waals surface area contributed by atoms with Crippen LogP contribution in [0.25, 0.3) is 22.4 Å². The van der Waals surface area contributed by atoms with Crippen molar-refractivity contribution < 1.29 is 9.90 Å². The van der Waals surface area contributed by atoms with Crippen LogP contribution < -0.4 is 10.7 Å². The molecule has 0 aliphatic rings. The van der Waals surface area contributed by atoms with Crippen LogP contribution in [0.2, 0.25) is 0 Å². The van der Waals surface area contributed by atoms with Crippen LogP contribution in [-0.4, -0.2) is 15.9 Å². The highest BCUT2D eigenvalue weighted by Crippen LogP contribution is 2.26. The molecular weight excluding hydrogens is 320 g/mol. The van der Waals surface area contributed by atoms with Crippen molar-refractivity contribution in [1.29, 1.82) is 0 Å². The first-order chi connectivity index (χ1) is 10.5. The third kappa shape index (κ3) is 2.60. The van der Waals surface area contributed by atoms with Crippen molar-refractivity contribution in [3.05, 3.63) is 48.5 Å². The summed E-state index contributed by atoms with van der Waals surface area (Å²) in [7, 11) is 0. The maximum atomic E-state index is 12.1. The molecule has 0 bridgehead atoms. The van der Waals surface area contributed by atoms with E-state index in [4.69, 9.17) is 0 Å². The van der Waals surface area contributed by atoms with Crippen molar-refractivity contribution >= 4 is 51.0 Å². The van der Waals surface area contributed by atoms with Gasteiger partial charge in [0.1, 0.15) is 10.7 Å². The normalized spacial score (nSPS) is 11.5. The summed E-state index contributed by atoms with van der Waals surface area (Å²) in [6.45, 7) is 3.61. The monoisotopic (exact) mass is 331 g/mol. The zero-order chi connectivity index (χ0) is 15.9. The van der Waals surface area contributed by atoms with Crippen molar-refractivity contribution in [3.63, 3.8) is 0 Å². The van der Waals surface area contributed by atoms with Crippen molar-refractivity contribution in [3.8, 4) is 0 Å². The molecule has 0 aliphatic carbocycles. The van der Waals surface area contributed by atoms with Crippen molar-refractivity contribution in [2.45, 2.75) is 13.8 Å². The van der Waals surface area contributed by atoms with Gasteiger partial charge in [0.05, 0.1) is 16.2 Å². The molecule has 7 heteroatoms. The average Bonchev–Trinajstić information content (AvgIpc) is 3.01. The molecule has 1 N–H and O–H groups in total. The highest BCUT2D eigenvalue weighted by molar-refractivity contribution is 7.20. The van der Waals surface area contributed by atoms with Gasteiger partial charge >= 0.3 is 0 Å². The lowest BCUT2D eigenvalue weighted by Crippen LogP contribution is -2.21. The number of carboxylic acid groups (broad SMARTS) is 1. The molecule has 22 heavy (non-hydrogen) atoms. The van der Waals surface area contributed by atoms with Crippen molar-refractivity contribution in [2.24, 2.45) is 0 Å². The van der Waals surface area contributed by atoms with E-state index >= 15 is 0 Å². The Morgan fingerprint density at radius 2 is 2.05 bits per heavy atom. The molecule has 0 aliphatic heterocycles. The summed E-state index contributed by atoms with van der Waals surface area (Å²) in [5.74, 6) is -0.888. The lowest BCUT2D eigenvalue weighted by molar-refractivity contribution is -0.254. The van der Waals surface area contributed by atoms with Crippen LogP contribution in [0, 0.1) is 13.8 Å². The second-order valence-electron chi connectivity index (χ2n) is 4.76. The van der Waals surface area contributed by atoms with Gasteiger partial charge in [0.15, 0.2) is 0 Å². The molecule has 3 rings (SSSR count). The second kappa shape index (κ2) is 5.51. The number of carbonyl (C=O) groups is 1. The molecule has 0 aromatic carbocycles. The minimum atomic E-state index is -1.29. The Labute approximate surface area is 133 Å². The Bertz CT molecular complexity index is 963. The molecule has 3 heterocycles. The van der Waals surface area contributed by atoms with E-state index in [-0.39, 0.29) is 10.4 Å². The van der Waals surface area contributed by atoms with E-state index in [2.05, 4.69) is 9.97 Å². The molecule has 112 valence electrons. The average molecular weight is 331 g/mol. The molecule has 0 saturated carbocycles. The number of aryl methyl sites for hydroxylation is 2. The predicted molar refractivity (Wildman–Crippen MR) is 87.3 cm³/mol. The minimum absolute atomic E-state index is 0.0445. The number of nitrogens with zero attached hydrogens (tertiary/aromatic N) is 1. The fraction of sp³-hybridized carbons (Fsp3) is 0.133. The van der Waals surface area contributed by atoms with E-state index in [0.29, 0.717) is 21.6 Å². The van der Waals surface area contributed by atoms with E-state index in [1.165, 1.54) is 4.88 Å². The summed E-state index contributed by atoms with van der Waals surface area (Å²) in [5, 5.41) is 11.4. The first-order valence-corrected chi connectivity index (χ1v) is 8.08. The number of fused-ring (bicyclic) bond motifs is 1. The summed E-state index contributed by atoms with van der Waals surface area (Å²) < 4.78 is 0. The number of nitrogens with one attached hydrogen (secondary N) is 1. The van der Waals surface area contributed by atoms with Crippen LogP contribution in [0.3, 0.4) is 0 Å². The molecule has 0 amide bonds. The summed E-state index contributed by atoms with van der Waals surface area (Å²) >= 11 is 2.60. The Morgan fingerprint density at radius 1 is 1.27 bits per heavy atom. The van der Waals surface area contributed by atoms with Gasteiger partial charge in [-0.15, -0.1) is 22.7 Å². The van der Waals surface area contributed by atoms with Gasteiger partial charge in [0.25, 0.3) is 5.56 Å². The summed E-state index contributed by atoms with van der Waals surface area (Å²) in [6, 6.07) is 4.00. The van der Waals surface area contributed by atoms with Crippen LogP contribution in [0.1, 0.15) is 30.8 Å². The summed E-state index contributed by atoms with van der Waals surface area (Å²) in [5.41, 5.74) is 0.0615. The molecular formula is C15H11N2O3S2-. The van der Waals surface area contributed by atoms with Crippen molar-refractivity contribution in [2.75, 3.05) is 0 Å². The number of carbonyl (C=O) groups excluding carboxylic acids is 1. The minimum Gasteiger partial charge on any atom is -0.544 e. The quantitative estimate of drug-likeness (QED) is 0.797. The first kappa shape index (κ1) is 14.7. The largest absolute Gasteiger partial charge is 0.544 e. The molecule has 0 fully saturated rings. The predicted octanol–water partition coefficient (Wildman–Crippen LogP) is 2.20. The zero-order valence-electron chi connectivity index (χ0n) is 11.8. The maximum Gasteiger partial charge on any atom is 0.260 e. The van der Waals surface area contributed by atoms with Crippen LogP contribution in [0.15, 0.2) is 16.9 Å². The number of thiophene rings is 2. The number of aromatic amines is 1. The van der Waals surface area contributed by atoms with E-state index in [1.54, 1.807) is 24.3 Å². The summed E-state index contributed by atoms with van der Waals surface area (Å²) in [6.07, 6.45) is 3.57. The number of hydrogen-bond donors (Lipinski definition) is 1. The molecule has 3 aromatic heterocycles. The number of H-pyrrole nitrogens is 1. The Hall–Kier alpha value is -2.25. The fourth-order valence-corrected chi connectivity index (χ4v) is 3.94. The SMILES string of the molecule is Cc1ccc(/C=C/c2nc3sc(C(=O)[O-])c(C)c3c(=O)[nH]2)s1. The van der Waals surface area contributed by atoms with Crippen molar-refractivity contribution in [1.82, 2.24) is 9.97 Å². The van der Waals surface area contributed by atoms with Gasteiger partial charge in [-0.05, 0) is 43.7 Å². The number of aromatic carboxylic acids is 1. The molecule has 0 unspecified atom stereocenters. The van der Waals surface area contributed by atoms with Gasteiger partial charge < -0.3 is 14.9 Å². The topological polar surface area (TPSA) is 85.9 Å². The number of aromatic nitrogens is 2. The van der Waals surface area contributed by atoms with Gasteiger partial charge in [-0.1, -0.05) is 0 Å². The Morgan fingerprint density at radius 3 is 2.68 bits per heavy atom. The number of rotatable bonds is 3. The zero-order valence-corrected chi connectivity index (χ0v) is 13.4. The number of carboxylic acids is 1.